The number of benzene rings is 2. The topological polar surface area (TPSA) is 66.5 Å². The van der Waals surface area contributed by atoms with E-state index in [4.69, 9.17) is 0 Å². The molecule has 0 atom stereocenters. The number of nitrogens with one attached hydrogen (secondary N) is 1. The molecule has 0 saturated carbocycles. The maximum Gasteiger partial charge on any atom is 0.261 e. The number of likely N-dealkylation sites (tertiary alicyclic amines) is 1. The predicted octanol–water partition coefficient (Wildman–Crippen LogP) is 3.50. The number of para-hydroxylation sites is 1. The number of rotatable bonds is 4. The SMILES string of the molecule is O=C(c1ccc(S(=O)(=O)Nc2ccccc2)cc1)N1CCCCCC1. The lowest BCUT2D eigenvalue weighted by atomic mass is 10.2. The molecule has 1 aliphatic rings. The third-order valence-electron chi connectivity index (χ3n) is 4.33. The minimum Gasteiger partial charge on any atom is -0.339 e. The molecule has 6 heteroatoms. The molecule has 1 N–H and O–H groups in total. The second-order valence-electron chi connectivity index (χ2n) is 6.20. The van der Waals surface area contributed by atoms with Crippen LogP contribution < -0.4 is 4.72 Å². The van der Waals surface area contributed by atoms with Crippen molar-refractivity contribution in [1.29, 1.82) is 0 Å². The molecule has 1 saturated heterocycles. The number of carbonyl (C=O) groups excluding carboxylic acids is 1. The van der Waals surface area contributed by atoms with Gasteiger partial charge in [0.2, 0.25) is 0 Å². The van der Waals surface area contributed by atoms with E-state index in [1.165, 1.54) is 12.1 Å². The van der Waals surface area contributed by atoms with Crippen LogP contribution in [0.15, 0.2) is 59.5 Å². The quantitative estimate of drug-likeness (QED) is 0.909. The highest BCUT2D eigenvalue weighted by molar-refractivity contribution is 7.92. The van der Waals surface area contributed by atoms with Crippen molar-refractivity contribution in [2.75, 3.05) is 17.8 Å². The Labute approximate surface area is 148 Å². The van der Waals surface area contributed by atoms with Crippen molar-refractivity contribution in [2.24, 2.45) is 0 Å². The van der Waals surface area contributed by atoms with Crippen LogP contribution >= 0.6 is 0 Å². The van der Waals surface area contributed by atoms with Gasteiger partial charge in [-0.25, -0.2) is 8.42 Å². The van der Waals surface area contributed by atoms with E-state index in [2.05, 4.69) is 4.72 Å². The highest BCUT2D eigenvalue weighted by atomic mass is 32.2. The van der Waals surface area contributed by atoms with E-state index >= 15 is 0 Å². The Balaban J connectivity index is 1.74. The van der Waals surface area contributed by atoms with Crippen LogP contribution in [0.4, 0.5) is 5.69 Å². The van der Waals surface area contributed by atoms with Gasteiger partial charge in [-0.1, -0.05) is 31.0 Å². The number of hydrogen-bond acceptors (Lipinski definition) is 3. The lowest BCUT2D eigenvalue weighted by molar-refractivity contribution is 0.0761. The molecule has 0 aromatic heterocycles. The molecule has 1 aliphatic heterocycles. The molecule has 3 rings (SSSR count). The third kappa shape index (κ3) is 4.39. The summed E-state index contributed by atoms with van der Waals surface area (Å²) in [6.45, 7) is 1.54. The number of hydrogen-bond donors (Lipinski definition) is 1. The summed E-state index contributed by atoms with van der Waals surface area (Å²) in [7, 11) is -3.66. The first-order valence-corrected chi connectivity index (χ1v) is 10.0. The molecule has 1 heterocycles. The van der Waals surface area contributed by atoms with Gasteiger partial charge in [0.15, 0.2) is 0 Å². The Bertz CT molecular complexity index is 810. The highest BCUT2D eigenvalue weighted by Crippen LogP contribution is 2.18. The van der Waals surface area contributed by atoms with Gasteiger partial charge in [0.1, 0.15) is 0 Å². The van der Waals surface area contributed by atoms with Crippen molar-refractivity contribution < 1.29 is 13.2 Å². The smallest absolute Gasteiger partial charge is 0.261 e. The lowest BCUT2D eigenvalue weighted by Gasteiger charge is -2.20. The fraction of sp³-hybridized carbons (Fsp3) is 0.316. The van der Waals surface area contributed by atoms with Gasteiger partial charge in [-0.2, -0.15) is 0 Å². The van der Waals surface area contributed by atoms with Gasteiger partial charge in [0.25, 0.3) is 15.9 Å². The van der Waals surface area contributed by atoms with Gasteiger partial charge in [-0.15, -0.1) is 0 Å². The van der Waals surface area contributed by atoms with Gasteiger partial charge in [-0.05, 0) is 49.2 Å². The molecule has 0 bridgehead atoms. The van der Waals surface area contributed by atoms with Crippen LogP contribution in [0.5, 0.6) is 0 Å². The summed E-state index contributed by atoms with van der Waals surface area (Å²) in [5.41, 5.74) is 1.03. The number of anilines is 1. The first kappa shape index (κ1) is 17.5. The molecule has 1 amide bonds. The van der Waals surface area contributed by atoms with Crippen molar-refractivity contribution >= 4 is 21.6 Å². The first-order chi connectivity index (χ1) is 12.1. The minimum absolute atomic E-state index is 0.0260. The van der Waals surface area contributed by atoms with Crippen molar-refractivity contribution in [3.05, 3.63) is 60.2 Å². The second-order valence-corrected chi connectivity index (χ2v) is 7.88. The lowest BCUT2D eigenvalue weighted by Crippen LogP contribution is -2.31. The molecule has 0 unspecified atom stereocenters. The Morgan fingerprint density at radius 1 is 0.840 bits per heavy atom. The third-order valence-corrected chi connectivity index (χ3v) is 5.73. The van der Waals surface area contributed by atoms with Crippen LogP contribution in [0, 0.1) is 0 Å². The summed E-state index contributed by atoms with van der Waals surface area (Å²) in [5.74, 6) is -0.0260. The average molecular weight is 358 g/mol. The maximum absolute atomic E-state index is 12.6. The molecule has 5 nitrogen and oxygen atoms in total. The summed E-state index contributed by atoms with van der Waals surface area (Å²) in [6.07, 6.45) is 4.37. The second kappa shape index (κ2) is 7.70. The van der Waals surface area contributed by atoms with Crippen molar-refractivity contribution in [3.8, 4) is 0 Å². The van der Waals surface area contributed by atoms with E-state index in [-0.39, 0.29) is 10.8 Å². The fourth-order valence-electron chi connectivity index (χ4n) is 2.95. The largest absolute Gasteiger partial charge is 0.339 e. The summed E-state index contributed by atoms with van der Waals surface area (Å²) < 4.78 is 27.4. The van der Waals surface area contributed by atoms with Gasteiger partial charge in [0.05, 0.1) is 4.90 Å². The van der Waals surface area contributed by atoms with Crippen molar-refractivity contribution in [3.63, 3.8) is 0 Å². The molecule has 1 fully saturated rings. The first-order valence-electron chi connectivity index (χ1n) is 8.53. The number of amides is 1. The molecule has 2 aromatic carbocycles. The molecular formula is C19H22N2O3S. The van der Waals surface area contributed by atoms with E-state index < -0.39 is 10.0 Å². The molecule has 0 spiro atoms. The van der Waals surface area contributed by atoms with E-state index in [1.807, 2.05) is 11.0 Å². The Kier molecular flexibility index (Phi) is 5.38. The van der Waals surface area contributed by atoms with E-state index in [0.717, 1.165) is 38.8 Å². The Morgan fingerprint density at radius 3 is 2.04 bits per heavy atom. The molecular weight excluding hydrogens is 336 g/mol. The predicted molar refractivity (Wildman–Crippen MR) is 98.1 cm³/mol. The molecule has 0 radical (unpaired) electrons. The molecule has 25 heavy (non-hydrogen) atoms. The van der Waals surface area contributed by atoms with Crippen LogP contribution in [0.25, 0.3) is 0 Å². The monoisotopic (exact) mass is 358 g/mol. The number of sulfonamides is 1. The van der Waals surface area contributed by atoms with Crippen molar-refractivity contribution in [1.82, 2.24) is 4.90 Å². The van der Waals surface area contributed by atoms with E-state index in [9.17, 15) is 13.2 Å². The Morgan fingerprint density at radius 2 is 1.44 bits per heavy atom. The summed E-state index contributed by atoms with van der Waals surface area (Å²) >= 11 is 0. The average Bonchev–Trinajstić information content (AvgIpc) is 2.91. The summed E-state index contributed by atoms with van der Waals surface area (Å²) in [6, 6.07) is 14.9. The summed E-state index contributed by atoms with van der Waals surface area (Å²) in [4.78, 5) is 14.6. The van der Waals surface area contributed by atoms with Crippen LogP contribution in [0.1, 0.15) is 36.0 Å². The van der Waals surface area contributed by atoms with Crippen molar-refractivity contribution in [2.45, 2.75) is 30.6 Å². The normalized spacial score (nSPS) is 15.4. The van der Waals surface area contributed by atoms with Crippen LogP contribution in [-0.2, 0) is 10.0 Å². The maximum atomic E-state index is 12.6. The standard InChI is InChI=1S/C19H22N2O3S/c22-19(21-14-6-1-2-7-15-21)16-10-12-18(13-11-16)25(23,24)20-17-8-4-3-5-9-17/h3-5,8-13,20H,1-2,6-7,14-15H2. The van der Waals surface area contributed by atoms with Crippen LogP contribution in [0.2, 0.25) is 0 Å². The molecule has 0 aliphatic carbocycles. The fourth-order valence-corrected chi connectivity index (χ4v) is 4.01. The number of nitrogens with zero attached hydrogens (tertiary/aromatic N) is 1. The Hall–Kier alpha value is -2.34. The highest BCUT2D eigenvalue weighted by Gasteiger charge is 2.19. The zero-order chi connectivity index (χ0) is 17.7. The van der Waals surface area contributed by atoms with Gasteiger partial charge >= 0.3 is 0 Å². The molecule has 132 valence electrons. The number of carbonyl (C=O) groups is 1. The summed E-state index contributed by atoms with van der Waals surface area (Å²) in [5, 5.41) is 0. The minimum atomic E-state index is -3.66. The van der Waals surface area contributed by atoms with E-state index in [0.29, 0.717) is 11.3 Å². The zero-order valence-electron chi connectivity index (χ0n) is 14.0. The van der Waals surface area contributed by atoms with Gasteiger partial charge in [0, 0.05) is 24.3 Å². The zero-order valence-corrected chi connectivity index (χ0v) is 14.8. The van der Waals surface area contributed by atoms with Gasteiger partial charge in [-0.3, -0.25) is 9.52 Å². The molecule has 2 aromatic rings. The van der Waals surface area contributed by atoms with E-state index in [1.54, 1.807) is 36.4 Å². The van der Waals surface area contributed by atoms with Crippen LogP contribution in [-0.4, -0.2) is 32.3 Å². The van der Waals surface area contributed by atoms with Gasteiger partial charge < -0.3 is 4.90 Å². The van der Waals surface area contributed by atoms with Crippen LogP contribution in [0.3, 0.4) is 0 Å².